The molecule has 0 aliphatic carbocycles. The number of ether oxygens (including phenoxy) is 2. The van der Waals surface area contributed by atoms with E-state index in [2.05, 4.69) is 0 Å². The van der Waals surface area contributed by atoms with Crippen LogP contribution in [0, 0.1) is 0 Å². The van der Waals surface area contributed by atoms with Crippen LogP contribution in [0.5, 0.6) is 5.75 Å². The highest BCUT2D eigenvalue weighted by Crippen LogP contribution is 2.15. The summed E-state index contributed by atoms with van der Waals surface area (Å²) in [7, 11) is 0. The van der Waals surface area contributed by atoms with Crippen molar-refractivity contribution in [2.24, 2.45) is 5.73 Å². The average molecular weight is 263 g/mol. The first-order valence-corrected chi connectivity index (χ1v) is 5.75. The van der Waals surface area contributed by atoms with Gasteiger partial charge in [0.05, 0.1) is 0 Å². The molecule has 0 unspecified atom stereocenters. The first-order chi connectivity index (χ1) is 8.76. The summed E-state index contributed by atoms with van der Waals surface area (Å²) in [4.78, 5) is 22.1. The Bertz CT molecular complexity index is 500. The topological polar surface area (TPSA) is 78.6 Å². The molecule has 5 nitrogen and oxygen atoms in total. The standard InChI is InChI=1S/C14H17NO4/c1-14(2,3)19-12(16)8-7-10-5-4-6-11(9-10)18-13(15)17/h4-9H,1-3H3,(H2,15,17)/b8-7+. The SMILES string of the molecule is CC(C)(C)OC(=O)/C=C/c1cccc(OC(N)=O)c1. The van der Waals surface area contributed by atoms with Crippen LogP contribution in [0.25, 0.3) is 6.08 Å². The van der Waals surface area contributed by atoms with E-state index in [0.717, 1.165) is 0 Å². The fraction of sp³-hybridized carbons (Fsp3) is 0.286. The van der Waals surface area contributed by atoms with Gasteiger partial charge < -0.3 is 15.2 Å². The lowest BCUT2D eigenvalue weighted by molar-refractivity contribution is -0.148. The Morgan fingerprint density at radius 2 is 1.95 bits per heavy atom. The molecule has 1 rings (SSSR count). The lowest BCUT2D eigenvalue weighted by Crippen LogP contribution is -2.22. The summed E-state index contributed by atoms with van der Waals surface area (Å²) in [5, 5.41) is 0. The van der Waals surface area contributed by atoms with E-state index in [1.165, 1.54) is 6.08 Å². The molecule has 0 spiro atoms. The molecule has 0 saturated heterocycles. The van der Waals surface area contributed by atoms with E-state index in [9.17, 15) is 9.59 Å². The highest BCUT2D eigenvalue weighted by molar-refractivity contribution is 5.87. The Balaban J connectivity index is 2.71. The van der Waals surface area contributed by atoms with Crippen LogP contribution in [0.4, 0.5) is 4.79 Å². The second kappa shape index (κ2) is 6.04. The Morgan fingerprint density at radius 1 is 1.26 bits per heavy atom. The summed E-state index contributed by atoms with van der Waals surface area (Å²) in [6.45, 7) is 5.38. The van der Waals surface area contributed by atoms with Gasteiger partial charge in [-0.1, -0.05) is 12.1 Å². The quantitative estimate of drug-likeness (QED) is 0.671. The van der Waals surface area contributed by atoms with Crippen LogP contribution in [-0.2, 0) is 9.53 Å². The third kappa shape index (κ3) is 6.26. The summed E-state index contributed by atoms with van der Waals surface area (Å²) in [6.07, 6.45) is 2.00. The molecule has 0 aliphatic heterocycles. The predicted octanol–water partition coefficient (Wildman–Crippen LogP) is 2.50. The van der Waals surface area contributed by atoms with Crippen LogP contribution in [0.2, 0.25) is 0 Å². The molecule has 0 atom stereocenters. The molecule has 102 valence electrons. The second-order valence-corrected chi connectivity index (χ2v) is 4.86. The van der Waals surface area contributed by atoms with Gasteiger partial charge in [0.2, 0.25) is 0 Å². The molecule has 0 saturated carbocycles. The van der Waals surface area contributed by atoms with Crippen molar-refractivity contribution in [3.05, 3.63) is 35.9 Å². The minimum absolute atomic E-state index is 0.318. The van der Waals surface area contributed by atoms with Gasteiger partial charge in [-0.3, -0.25) is 0 Å². The number of primary amides is 1. The van der Waals surface area contributed by atoms with Crippen LogP contribution in [-0.4, -0.2) is 17.7 Å². The van der Waals surface area contributed by atoms with Gasteiger partial charge in [-0.25, -0.2) is 9.59 Å². The van der Waals surface area contributed by atoms with E-state index >= 15 is 0 Å². The first-order valence-electron chi connectivity index (χ1n) is 5.75. The van der Waals surface area contributed by atoms with Gasteiger partial charge in [0.15, 0.2) is 0 Å². The summed E-state index contributed by atoms with van der Waals surface area (Å²) < 4.78 is 9.85. The zero-order chi connectivity index (χ0) is 14.5. The van der Waals surface area contributed by atoms with Gasteiger partial charge in [0.1, 0.15) is 11.4 Å². The maximum absolute atomic E-state index is 11.5. The molecule has 1 amide bonds. The predicted molar refractivity (Wildman–Crippen MR) is 71.5 cm³/mol. The van der Waals surface area contributed by atoms with Gasteiger partial charge >= 0.3 is 12.1 Å². The molecule has 1 aromatic rings. The van der Waals surface area contributed by atoms with Crippen LogP contribution in [0.3, 0.4) is 0 Å². The van der Waals surface area contributed by atoms with E-state index in [4.69, 9.17) is 15.2 Å². The summed E-state index contributed by atoms with van der Waals surface area (Å²) >= 11 is 0. The van der Waals surface area contributed by atoms with Crippen molar-refractivity contribution >= 4 is 18.1 Å². The summed E-state index contributed by atoms with van der Waals surface area (Å²) in [5.41, 5.74) is 5.08. The smallest absolute Gasteiger partial charge is 0.409 e. The van der Waals surface area contributed by atoms with Gasteiger partial charge in [0.25, 0.3) is 0 Å². The number of esters is 1. The van der Waals surface area contributed by atoms with Crippen LogP contribution in [0.1, 0.15) is 26.3 Å². The number of carbonyl (C=O) groups excluding carboxylic acids is 2. The third-order valence-corrected chi connectivity index (χ3v) is 1.90. The van der Waals surface area contributed by atoms with E-state index in [-0.39, 0.29) is 0 Å². The monoisotopic (exact) mass is 263 g/mol. The maximum Gasteiger partial charge on any atom is 0.409 e. The van der Waals surface area contributed by atoms with Crippen molar-refractivity contribution in [3.8, 4) is 5.75 Å². The highest BCUT2D eigenvalue weighted by atomic mass is 16.6. The zero-order valence-corrected chi connectivity index (χ0v) is 11.2. The Kier molecular flexibility index (Phi) is 4.69. The number of rotatable bonds is 3. The van der Waals surface area contributed by atoms with Gasteiger partial charge in [-0.15, -0.1) is 0 Å². The van der Waals surface area contributed by atoms with E-state index in [1.807, 2.05) is 0 Å². The minimum Gasteiger partial charge on any atom is -0.457 e. The molecule has 0 bridgehead atoms. The average Bonchev–Trinajstić information content (AvgIpc) is 2.23. The molecule has 2 N–H and O–H groups in total. The van der Waals surface area contributed by atoms with Crippen molar-refractivity contribution in [1.29, 1.82) is 0 Å². The van der Waals surface area contributed by atoms with Gasteiger partial charge in [-0.2, -0.15) is 0 Å². The third-order valence-electron chi connectivity index (χ3n) is 1.90. The minimum atomic E-state index is -0.881. The number of nitrogens with two attached hydrogens (primary N) is 1. The molecule has 19 heavy (non-hydrogen) atoms. The van der Waals surface area contributed by atoms with Gasteiger partial charge in [0, 0.05) is 6.08 Å². The van der Waals surface area contributed by atoms with E-state index in [0.29, 0.717) is 11.3 Å². The zero-order valence-electron chi connectivity index (χ0n) is 11.2. The fourth-order valence-electron chi connectivity index (χ4n) is 1.30. The largest absolute Gasteiger partial charge is 0.457 e. The lowest BCUT2D eigenvalue weighted by atomic mass is 10.2. The van der Waals surface area contributed by atoms with Crippen LogP contribution >= 0.6 is 0 Å². The Hall–Kier alpha value is -2.30. The van der Waals surface area contributed by atoms with Crippen molar-refractivity contribution in [2.45, 2.75) is 26.4 Å². The molecule has 0 aliphatic rings. The molecular formula is C14H17NO4. The number of carbonyl (C=O) groups is 2. The molecule has 0 fully saturated rings. The van der Waals surface area contributed by atoms with Crippen LogP contribution < -0.4 is 10.5 Å². The van der Waals surface area contributed by atoms with Gasteiger partial charge in [-0.05, 0) is 44.5 Å². The summed E-state index contributed by atoms with van der Waals surface area (Å²) in [5.74, 6) is -0.118. The number of benzene rings is 1. The fourth-order valence-corrected chi connectivity index (χ4v) is 1.30. The van der Waals surface area contributed by atoms with Crippen LogP contribution in [0.15, 0.2) is 30.3 Å². The van der Waals surface area contributed by atoms with Crippen molar-refractivity contribution in [2.75, 3.05) is 0 Å². The first kappa shape index (κ1) is 14.8. The normalized spacial score (nSPS) is 11.3. The molecular weight excluding hydrogens is 246 g/mol. The lowest BCUT2D eigenvalue weighted by Gasteiger charge is -2.17. The number of hydrogen-bond donors (Lipinski definition) is 1. The molecule has 1 aromatic carbocycles. The van der Waals surface area contributed by atoms with E-state index < -0.39 is 17.7 Å². The van der Waals surface area contributed by atoms with E-state index in [1.54, 1.807) is 51.1 Å². The molecule has 0 heterocycles. The Morgan fingerprint density at radius 3 is 2.53 bits per heavy atom. The van der Waals surface area contributed by atoms with Crippen molar-refractivity contribution < 1.29 is 19.1 Å². The molecule has 0 aromatic heterocycles. The number of hydrogen-bond acceptors (Lipinski definition) is 4. The Labute approximate surface area is 112 Å². The van der Waals surface area contributed by atoms with Crippen molar-refractivity contribution in [1.82, 2.24) is 0 Å². The molecule has 5 heteroatoms. The second-order valence-electron chi connectivity index (χ2n) is 4.86. The number of amides is 1. The van der Waals surface area contributed by atoms with Crippen molar-refractivity contribution in [3.63, 3.8) is 0 Å². The highest BCUT2D eigenvalue weighted by Gasteiger charge is 2.13. The summed E-state index contributed by atoms with van der Waals surface area (Å²) in [6, 6.07) is 6.63. The molecule has 0 radical (unpaired) electrons. The maximum atomic E-state index is 11.5.